The van der Waals surface area contributed by atoms with Gasteiger partial charge in [-0.2, -0.15) is 0 Å². The lowest BCUT2D eigenvalue weighted by Crippen LogP contribution is -1.98. The highest BCUT2D eigenvalue weighted by atomic mass is 35.5. The molecular formula is C14H7Cl2F2NO2. The van der Waals surface area contributed by atoms with Crippen molar-refractivity contribution in [3.8, 4) is 0 Å². The summed E-state index contributed by atoms with van der Waals surface area (Å²) in [7, 11) is 0. The fraction of sp³-hybridized carbons (Fsp3) is 0.0714. The predicted molar refractivity (Wildman–Crippen MR) is 75.9 cm³/mol. The highest BCUT2D eigenvalue weighted by molar-refractivity contribution is 6.30. The Bertz CT molecular complexity index is 888. The third-order valence-electron chi connectivity index (χ3n) is 3.05. The Morgan fingerprint density at radius 2 is 1.90 bits per heavy atom. The number of rotatable bonds is 2. The Kier molecular flexibility index (Phi) is 3.47. The predicted octanol–water partition coefficient (Wildman–Crippen LogP) is 4.38. The molecule has 2 aromatic carbocycles. The molecule has 1 N–H and O–H groups in total. The number of fused-ring (bicyclic) bond motifs is 1. The van der Waals surface area contributed by atoms with E-state index in [1.165, 1.54) is 6.07 Å². The summed E-state index contributed by atoms with van der Waals surface area (Å²) in [6, 6.07) is 6.49. The number of oxazole rings is 1. The summed E-state index contributed by atoms with van der Waals surface area (Å²) in [6.45, 7) is 0. The highest BCUT2D eigenvalue weighted by Gasteiger charge is 2.19. The molecule has 0 fully saturated rings. The quantitative estimate of drug-likeness (QED) is 0.560. The van der Waals surface area contributed by atoms with Gasteiger partial charge in [-0.3, -0.25) is 4.98 Å². The molecule has 3 nitrogen and oxygen atoms in total. The number of aromatic nitrogens is 1. The molecule has 0 aliphatic carbocycles. The number of halogens is 4. The Balaban J connectivity index is 2.09. The first-order chi connectivity index (χ1) is 9.95. The minimum Gasteiger partial charge on any atom is -0.408 e. The number of H-pyrrole nitrogens is 1. The number of hydrogen-bond acceptors (Lipinski definition) is 2. The molecule has 1 aromatic heterocycles. The van der Waals surface area contributed by atoms with E-state index in [9.17, 15) is 13.6 Å². The summed E-state index contributed by atoms with van der Waals surface area (Å²) in [5, 5.41) is -1.26. The van der Waals surface area contributed by atoms with Crippen LogP contribution in [-0.2, 0) is 0 Å². The molecule has 0 spiro atoms. The third kappa shape index (κ3) is 2.54. The van der Waals surface area contributed by atoms with Gasteiger partial charge in [-0.05, 0) is 29.8 Å². The van der Waals surface area contributed by atoms with E-state index in [1.807, 2.05) is 0 Å². The second-order valence-corrected chi connectivity index (χ2v) is 5.26. The van der Waals surface area contributed by atoms with Crippen LogP contribution in [0.25, 0.3) is 11.1 Å². The van der Waals surface area contributed by atoms with Gasteiger partial charge in [-0.25, -0.2) is 13.6 Å². The average molecular weight is 330 g/mol. The molecule has 1 unspecified atom stereocenters. The summed E-state index contributed by atoms with van der Waals surface area (Å²) in [6.07, 6.45) is 0. The topological polar surface area (TPSA) is 46.0 Å². The van der Waals surface area contributed by atoms with E-state index in [2.05, 4.69) is 4.98 Å². The molecule has 7 heteroatoms. The van der Waals surface area contributed by atoms with Crippen molar-refractivity contribution in [1.29, 1.82) is 0 Å². The molecule has 1 heterocycles. The van der Waals surface area contributed by atoms with Crippen molar-refractivity contribution in [1.82, 2.24) is 4.98 Å². The molecule has 0 amide bonds. The molecule has 0 saturated heterocycles. The van der Waals surface area contributed by atoms with Crippen molar-refractivity contribution in [2.24, 2.45) is 0 Å². The van der Waals surface area contributed by atoms with Gasteiger partial charge in [0, 0.05) is 5.56 Å². The standard InChI is InChI=1S/C14H7Cl2F2NO2/c15-8-5-9(17)7(4-10(8)18)13(16)6-1-2-11-12(3-6)21-14(20)19-11/h1-5,13H,(H,19,20). The van der Waals surface area contributed by atoms with Crippen molar-refractivity contribution in [2.75, 3.05) is 0 Å². The molecular weight excluding hydrogens is 323 g/mol. The largest absolute Gasteiger partial charge is 0.417 e. The third-order valence-corrected chi connectivity index (χ3v) is 3.83. The molecule has 0 saturated carbocycles. The zero-order chi connectivity index (χ0) is 15.1. The van der Waals surface area contributed by atoms with Crippen LogP contribution in [0.1, 0.15) is 16.5 Å². The van der Waals surface area contributed by atoms with Crippen LogP contribution < -0.4 is 5.76 Å². The van der Waals surface area contributed by atoms with Crippen molar-refractivity contribution in [2.45, 2.75) is 5.38 Å². The number of benzene rings is 2. The first-order valence-electron chi connectivity index (χ1n) is 5.87. The van der Waals surface area contributed by atoms with Crippen LogP contribution in [0, 0.1) is 11.6 Å². The van der Waals surface area contributed by atoms with E-state index in [-0.39, 0.29) is 16.2 Å². The normalized spacial score (nSPS) is 12.8. The smallest absolute Gasteiger partial charge is 0.408 e. The van der Waals surface area contributed by atoms with Crippen LogP contribution in [0.4, 0.5) is 8.78 Å². The summed E-state index contributed by atoms with van der Waals surface area (Å²) < 4.78 is 32.2. The first-order valence-corrected chi connectivity index (χ1v) is 6.68. The maximum Gasteiger partial charge on any atom is 0.417 e. The second-order valence-electron chi connectivity index (χ2n) is 4.42. The molecule has 108 valence electrons. The number of aromatic amines is 1. The summed E-state index contributed by atoms with van der Waals surface area (Å²) in [5.74, 6) is -2.07. The lowest BCUT2D eigenvalue weighted by Gasteiger charge is -2.12. The minimum atomic E-state index is -0.943. The van der Waals surface area contributed by atoms with Gasteiger partial charge in [0.1, 0.15) is 11.6 Å². The SMILES string of the molecule is O=c1[nH]c2ccc(C(Cl)c3cc(F)c(Cl)cc3F)cc2o1. The van der Waals surface area contributed by atoms with E-state index < -0.39 is 22.8 Å². The van der Waals surface area contributed by atoms with Crippen LogP contribution in [-0.4, -0.2) is 4.98 Å². The Hall–Kier alpha value is -1.85. The zero-order valence-electron chi connectivity index (χ0n) is 10.3. The van der Waals surface area contributed by atoms with Gasteiger partial charge in [-0.1, -0.05) is 17.7 Å². The van der Waals surface area contributed by atoms with Crippen molar-refractivity contribution < 1.29 is 13.2 Å². The van der Waals surface area contributed by atoms with Gasteiger partial charge in [-0.15, -0.1) is 11.6 Å². The Labute approximate surface area is 127 Å². The molecule has 3 rings (SSSR count). The van der Waals surface area contributed by atoms with E-state index in [4.69, 9.17) is 27.6 Å². The van der Waals surface area contributed by atoms with Crippen LogP contribution in [0.15, 0.2) is 39.5 Å². The molecule has 0 aliphatic rings. The summed E-state index contributed by atoms with van der Waals surface area (Å²) in [4.78, 5) is 13.6. The zero-order valence-corrected chi connectivity index (χ0v) is 11.8. The Morgan fingerprint density at radius 3 is 2.67 bits per heavy atom. The van der Waals surface area contributed by atoms with Gasteiger partial charge in [0.15, 0.2) is 5.58 Å². The number of alkyl halides is 1. The average Bonchev–Trinajstić information content (AvgIpc) is 2.81. The molecule has 21 heavy (non-hydrogen) atoms. The van der Waals surface area contributed by atoms with E-state index in [1.54, 1.807) is 12.1 Å². The summed E-state index contributed by atoms with van der Waals surface area (Å²) >= 11 is 11.7. The minimum absolute atomic E-state index is 0.0456. The molecule has 1 atom stereocenters. The number of nitrogens with one attached hydrogen (secondary N) is 1. The lowest BCUT2D eigenvalue weighted by molar-refractivity contribution is 0.555. The maximum absolute atomic E-state index is 13.9. The van der Waals surface area contributed by atoms with E-state index in [0.717, 1.165) is 12.1 Å². The van der Waals surface area contributed by atoms with Gasteiger partial charge < -0.3 is 4.42 Å². The van der Waals surface area contributed by atoms with Crippen LogP contribution in [0.3, 0.4) is 0 Å². The monoisotopic (exact) mass is 329 g/mol. The fourth-order valence-corrected chi connectivity index (χ4v) is 2.48. The second kappa shape index (κ2) is 5.16. The van der Waals surface area contributed by atoms with Crippen molar-refractivity contribution in [3.05, 3.63) is 68.7 Å². The highest BCUT2D eigenvalue weighted by Crippen LogP contribution is 2.34. The summed E-state index contributed by atoms with van der Waals surface area (Å²) in [5.41, 5.74) is 1.21. The molecule has 3 aromatic rings. The lowest BCUT2D eigenvalue weighted by atomic mass is 10.0. The van der Waals surface area contributed by atoms with E-state index >= 15 is 0 Å². The van der Waals surface area contributed by atoms with Crippen LogP contribution in [0.2, 0.25) is 5.02 Å². The van der Waals surface area contributed by atoms with E-state index in [0.29, 0.717) is 11.1 Å². The Morgan fingerprint density at radius 1 is 1.14 bits per heavy atom. The van der Waals surface area contributed by atoms with Crippen molar-refractivity contribution in [3.63, 3.8) is 0 Å². The fourth-order valence-electron chi connectivity index (χ4n) is 2.03. The molecule has 0 radical (unpaired) electrons. The van der Waals surface area contributed by atoms with Gasteiger partial charge >= 0.3 is 5.76 Å². The van der Waals surface area contributed by atoms with Gasteiger partial charge in [0.05, 0.1) is 15.9 Å². The molecule has 0 bridgehead atoms. The molecule has 0 aliphatic heterocycles. The van der Waals surface area contributed by atoms with Gasteiger partial charge in [0.25, 0.3) is 0 Å². The van der Waals surface area contributed by atoms with Crippen LogP contribution in [0.5, 0.6) is 0 Å². The number of hydrogen-bond donors (Lipinski definition) is 1. The van der Waals surface area contributed by atoms with Crippen LogP contribution >= 0.6 is 23.2 Å². The maximum atomic E-state index is 13.9. The van der Waals surface area contributed by atoms with Gasteiger partial charge in [0.2, 0.25) is 0 Å². The van der Waals surface area contributed by atoms with Crippen molar-refractivity contribution >= 4 is 34.3 Å². The first kappa shape index (κ1) is 14.1.